The van der Waals surface area contributed by atoms with Gasteiger partial charge in [-0.1, -0.05) is 23.2 Å². The van der Waals surface area contributed by atoms with Gasteiger partial charge in [0.05, 0.1) is 39.8 Å². The summed E-state index contributed by atoms with van der Waals surface area (Å²) in [7, 11) is 0. The molecule has 0 aliphatic carbocycles. The Morgan fingerprint density at radius 2 is 2.10 bits per heavy atom. The molecule has 2 rings (SSSR count). The lowest BCUT2D eigenvalue weighted by molar-refractivity contribution is 0.102. The molecule has 7 heteroatoms. The first-order valence-electron chi connectivity index (χ1n) is 5.43. The van der Waals surface area contributed by atoms with Crippen LogP contribution < -0.4 is 11.1 Å². The van der Waals surface area contributed by atoms with Crippen LogP contribution in [0.15, 0.2) is 30.5 Å². The molecule has 0 fully saturated rings. The van der Waals surface area contributed by atoms with E-state index >= 15 is 0 Å². The van der Waals surface area contributed by atoms with Gasteiger partial charge in [0.25, 0.3) is 5.91 Å². The van der Waals surface area contributed by atoms with Crippen molar-refractivity contribution in [3.8, 4) is 6.07 Å². The molecule has 0 aliphatic rings. The van der Waals surface area contributed by atoms with E-state index in [2.05, 4.69) is 10.3 Å². The van der Waals surface area contributed by atoms with Gasteiger partial charge in [0.2, 0.25) is 0 Å². The van der Waals surface area contributed by atoms with Gasteiger partial charge >= 0.3 is 0 Å². The Morgan fingerprint density at radius 1 is 1.35 bits per heavy atom. The number of hydrogen-bond donors (Lipinski definition) is 2. The maximum Gasteiger partial charge on any atom is 0.258 e. The fourth-order valence-electron chi connectivity index (χ4n) is 1.50. The molecule has 0 spiro atoms. The molecule has 0 saturated heterocycles. The van der Waals surface area contributed by atoms with E-state index in [-0.39, 0.29) is 10.7 Å². The number of anilines is 2. The summed E-state index contributed by atoms with van der Waals surface area (Å²) >= 11 is 11.8. The highest BCUT2D eigenvalue weighted by atomic mass is 35.5. The third kappa shape index (κ3) is 2.99. The molecule has 0 unspecified atom stereocenters. The molecule has 0 saturated carbocycles. The van der Waals surface area contributed by atoms with Gasteiger partial charge in [0, 0.05) is 0 Å². The van der Waals surface area contributed by atoms with Crippen molar-refractivity contribution >= 4 is 40.5 Å². The number of rotatable bonds is 2. The number of nitrogens with zero attached hydrogens (tertiary/aromatic N) is 2. The lowest BCUT2D eigenvalue weighted by atomic mass is 10.2. The third-order valence-corrected chi connectivity index (χ3v) is 3.08. The number of hydrogen-bond acceptors (Lipinski definition) is 4. The standard InChI is InChI=1S/C13H8Cl2N4O/c14-10-2-1-7(5-16)3-11(10)19-13(20)9-4-8(17)6-18-12(9)15/h1-4,6H,17H2,(H,19,20). The van der Waals surface area contributed by atoms with Crippen LogP contribution in [0, 0.1) is 11.3 Å². The van der Waals surface area contributed by atoms with Gasteiger partial charge in [-0.25, -0.2) is 4.98 Å². The van der Waals surface area contributed by atoms with Crippen molar-refractivity contribution < 1.29 is 4.79 Å². The Bertz CT molecular complexity index is 725. The van der Waals surface area contributed by atoms with E-state index in [9.17, 15) is 4.79 Å². The number of nitriles is 1. The van der Waals surface area contributed by atoms with Crippen molar-refractivity contribution in [2.75, 3.05) is 11.1 Å². The average Bonchev–Trinajstić information content (AvgIpc) is 2.43. The van der Waals surface area contributed by atoms with Crippen molar-refractivity contribution in [3.05, 3.63) is 51.8 Å². The Morgan fingerprint density at radius 3 is 2.80 bits per heavy atom. The molecule has 0 aliphatic heterocycles. The average molecular weight is 307 g/mol. The monoisotopic (exact) mass is 306 g/mol. The van der Waals surface area contributed by atoms with E-state index in [1.807, 2.05) is 6.07 Å². The number of amides is 1. The summed E-state index contributed by atoms with van der Waals surface area (Å²) < 4.78 is 0. The molecular formula is C13H8Cl2N4O. The number of nitrogen functional groups attached to an aromatic ring is 1. The quantitative estimate of drug-likeness (QED) is 0.834. The maximum atomic E-state index is 12.1. The number of nitrogens with two attached hydrogens (primary N) is 1. The van der Waals surface area contributed by atoms with Crippen molar-refractivity contribution in [2.24, 2.45) is 0 Å². The van der Waals surface area contributed by atoms with Crippen LogP contribution in [0.25, 0.3) is 0 Å². The van der Waals surface area contributed by atoms with Gasteiger partial charge in [-0.05, 0) is 24.3 Å². The van der Waals surface area contributed by atoms with E-state index in [0.717, 1.165) is 0 Å². The van der Waals surface area contributed by atoms with Gasteiger partial charge in [0.1, 0.15) is 5.15 Å². The molecule has 1 aromatic carbocycles. The highest BCUT2D eigenvalue weighted by Crippen LogP contribution is 2.24. The largest absolute Gasteiger partial charge is 0.397 e. The molecule has 2 aromatic rings. The van der Waals surface area contributed by atoms with E-state index in [4.69, 9.17) is 34.2 Å². The second-order valence-corrected chi connectivity index (χ2v) is 4.63. The van der Waals surface area contributed by atoms with Gasteiger partial charge < -0.3 is 11.1 Å². The molecule has 1 heterocycles. The Hall–Kier alpha value is -2.29. The van der Waals surface area contributed by atoms with E-state index in [1.54, 1.807) is 6.07 Å². The predicted octanol–water partition coefficient (Wildman–Crippen LogP) is 3.09. The molecule has 0 atom stereocenters. The summed E-state index contributed by atoms with van der Waals surface area (Å²) in [6, 6.07) is 7.91. The van der Waals surface area contributed by atoms with Crippen LogP contribution in [0.3, 0.4) is 0 Å². The minimum Gasteiger partial charge on any atom is -0.397 e. The third-order valence-electron chi connectivity index (χ3n) is 2.45. The predicted molar refractivity (Wildman–Crippen MR) is 77.8 cm³/mol. The SMILES string of the molecule is N#Cc1ccc(Cl)c(NC(=O)c2cc(N)cnc2Cl)c1. The molecule has 1 amide bonds. The zero-order valence-corrected chi connectivity index (χ0v) is 11.5. The first-order valence-corrected chi connectivity index (χ1v) is 6.19. The Kier molecular flexibility index (Phi) is 4.08. The maximum absolute atomic E-state index is 12.1. The molecule has 3 N–H and O–H groups in total. The highest BCUT2D eigenvalue weighted by Gasteiger charge is 2.14. The number of nitrogens with one attached hydrogen (secondary N) is 1. The number of pyridine rings is 1. The van der Waals surface area contributed by atoms with Crippen LogP contribution in [0.4, 0.5) is 11.4 Å². The Labute approximate surface area is 124 Å². The Balaban J connectivity index is 2.33. The lowest BCUT2D eigenvalue weighted by Crippen LogP contribution is -2.14. The summed E-state index contributed by atoms with van der Waals surface area (Å²) in [5.74, 6) is -0.508. The number of halogens is 2. The summed E-state index contributed by atoms with van der Waals surface area (Å²) in [5, 5.41) is 11.7. The molecule has 5 nitrogen and oxygen atoms in total. The van der Waals surface area contributed by atoms with Crippen molar-refractivity contribution in [1.29, 1.82) is 5.26 Å². The van der Waals surface area contributed by atoms with Crippen LogP contribution in [-0.4, -0.2) is 10.9 Å². The molecule has 1 aromatic heterocycles. The van der Waals surface area contributed by atoms with Crippen LogP contribution in [0.2, 0.25) is 10.2 Å². The number of benzene rings is 1. The van der Waals surface area contributed by atoms with E-state index in [0.29, 0.717) is 22.0 Å². The normalized spacial score (nSPS) is 9.85. The second-order valence-electron chi connectivity index (χ2n) is 3.87. The van der Waals surface area contributed by atoms with Crippen LogP contribution >= 0.6 is 23.2 Å². The van der Waals surface area contributed by atoms with Gasteiger partial charge in [-0.2, -0.15) is 5.26 Å². The van der Waals surface area contributed by atoms with Gasteiger partial charge in [-0.15, -0.1) is 0 Å². The van der Waals surface area contributed by atoms with Gasteiger partial charge in [-0.3, -0.25) is 4.79 Å². The van der Waals surface area contributed by atoms with E-state index < -0.39 is 5.91 Å². The van der Waals surface area contributed by atoms with Crippen LogP contribution in [-0.2, 0) is 0 Å². The van der Waals surface area contributed by atoms with Gasteiger partial charge in [0.15, 0.2) is 0 Å². The number of aromatic nitrogens is 1. The van der Waals surface area contributed by atoms with Crippen molar-refractivity contribution in [1.82, 2.24) is 4.98 Å². The summed E-state index contributed by atoms with van der Waals surface area (Å²) in [5.41, 5.74) is 6.70. The zero-order chi connectivity index (χ0) is 14.7. The van der Waals surface area contributed by atoms with E-state index in [1.165, 1.54) is 24.4 Å². The second kappa shape index (κ2) is 5.78. The number of carbonyl (C=O) groups excluding carboxylic acids is 1. The first-order chi connectivity index (χ1) is 9.51. The van der Waals surface area contributed by atoms with Crippen LogP contribution in [0.1, 0.15) is 15.9 Å². The fourth-order valence-corrected chi connectivity index (χ4v) is 1.86. The minimum atomic E-state index is -0.508. The summed E-state index contributed by atoms with van der Waals surface area (Å²) in [4.78, 5) is 15.9. The molecule has 100 valence electrons. The smallest absolute Gasteiger partial charge is 0.258 e. The fraction of sp³-hybridized carbons (Fsp3) is 0. The molecule has 0 bridgehead atoms. The van der Waals surface area contributed by atoms with Crippen molar-refractivity contribution in [3.63, 3.8) is 0 Å². The first kappa shape index (κ1) is 14.1. The molecule has 20 heavy (non-hydrogen) atoms. The lowest BCUT2D eigenvalue weighted by Gasteiger charge is -2.08. The highest BCUT2D eigenvalue weighted by molar-refractivity contribution is 6.35. The van der Waals surface area contributed by atoms with Crippen LogP contribution in [0.5, 0.6) is 0 Å². The minimum absolute atomic E-state index is 0.0317. The van der Waals surface area contributed by atoms with Crippen molar-refractivity contribution in [2.45, 2.75) is 0 Å². The number of carbonyl (C=O) groups is 1. The zero-order valence-electron chi connectivity index (χ0n) is 10.0. The molecule has 0 radical (unpaired) electrons. The topological polar surface area (TPSA) is 91.8 Å². The summed E-state index contributed by atoms with van der Waals surface area (Å²) in [6.45, 7) is 0. The molecular weight excluding hydrogens is 299 g/mol. The summed E-state index contributed by atoms with van der Waals surface area (Å²) in [6.07, 6.45) is 1.35.